The number of carboxylic acids is 1. The standard InChI is InChI=1S/C13H15NO8/c1-7(15)21-10(11(13(18)19)22-8(2)16)12(17)14-6-9-4-3-5-20-9/h3-5,10-11H,6H2,1-2H3,(H,14,17)(H,18,19)/t10-,11+/m0/s1. The molecule has 0 saturated carbocycles. The highest BCUT2D eigenvalue weighted by Gasteiger charge is 2.39. The molecular formula is C13H15NO8. The van der Waals surface area contributed by atoms with Gasteiger partial charge in [0.1, 0.15) is 5.76 Å². The van der Waals surface area contributed by atoms with Crippen LogP contribution in [0.1, 0.15) is 19.6 Å². The van der Waals surface area contributed by atoms with E-state index in [1.807, 2.05) is 0 Å². The van der Waals surface area contributed by atoms with E-state index in [0.29, 0.717) is 5.76 Å². The number of hydrogen-bond donors (Lipinski definition) is 2. The number of hydrogen-bond acceptors (Lipinski definition) is 7. The van der Waals surface area contributed by atoms with Crippen LogP contribution in [0.5, 0.6) is 0 Å². The maximum absolute atomic E-state index is 12.0. The minimum absolute atomic E-state index is 0.0456. The van der Waals surface area contributed by atoms with E-state index >= 15 is 0 Å². The van der Waals surface area contributed by atoms with Crippen molar-refractivity contribution < 1.29 is 38.2 Å². The molecular weight excluding hydrogens is 298 g/mol. The van der Waals surface area contributed by atoms with E-state index in [2.05, 4.69) is 14.8 Å². The van der Waals surface area contributed by atoms with Crippen LogP contribution in [0.2, 0.25) is 0 Å². The summed E-state index contributed by atoms with van der Waals surface area (Å²) < 4.78 is 14.2. The van der Waals surface area contributed by atoms with Crippen LogP contribution < -0.4 is 5.32 Å². The minimum atomic E-state index is -1.95. The van der Waals surface area contributed by atoms with Gasteiger partial charge in [-0.2, -0.15) is 0 Å². The van der Waals surface area contributed by atoms with Gasteiger partial charge in [0.25, 0.3) is 5.91 Å². The van der Waals surface area contributed by atoms with Gasteiger partial charge in [-0.3, -0.25) is 14.4 Å². The molecule has 0 saturated heterocycles. The fourth-order valence-corrected chi connectivity index (χ4v) is 1.54. The van der Waals surface area contributed by atoms with Crippen LogP contribution in [0.3, 0.4) is 0 Å². The van der Waals surface area contributed by atoms with E-state index in [1.54, 1.807) is 12.1 Å². The van der Waals surface area contributed by atoms with E-state index < -0.39 is 36.0 Å². The predicted octanol–water partition coefficient (Wildman–Crippen LogP) is -0.156. The van der Waals surface area contributed by atoms with Crippen molar-refractivity contribution in [3.63, 3.8) is 0 Å². The smallest absolute Gasteiger partial charge is 0.349 e. The van der Waals surface area contributed by atoms with Crippen molar-refractivity contribution in [2.45, 2.75) is 32.6 Å². The maximum atomic E-state index is 12.0. The Kier molecular flexibility index (Phi) is 6.11. The number of carboxylic acid groups (broad SMARTS) is 1. The third-order valence-electron chi connectivity index (χ3n) is 2.38. The van der Waals surface area contributed by atoms with Gasteiger partial charge in [-0.15, -0.1) is 0 Å². The van der Waals surface area contributed by atoms with Gasteiger partial charge in [-0.1, -0.05) is 0 Å². The van der Waals surface area contributed by atoms with Crippen molar-refractivity contribution in [1.29, 1.82) is 0 Å². The molecule has 1 rings (SSSR count). The Labute approximate surface area is 125 Å². The summed E-state index contributed by atoms with van der Waals surface area (Å²) in [4.78, 5) is 45.1. The first-order valence-electron chi connectivity index (χ1n) is 6.18. The molecule has 0 spiro atoms. The van der Waals surface area contributed by atoms with Crippen LogP contribution in [0, 0.1) is 0 Å². The van der Waals surface area contributed by atoms with Gasteiger partial charge in [-0.25, -0.2) is 4.79 Å². The molecule has 1 aromatic rings. The van der Waals surface area contributed by atoms with Gasteiger partial charge in [0, 0.05) is 13.8 Å². The Morgan fingerprint density at radius 1 is 1.18 bits per heavy atom. The summed E-state index contributed by atoms with van der Waals surface area (Å²) in [5.41, 5.74) is 0. The molecule has 1 amide bonds. The molecule has 0 aliphatic heterocycles. The fraction of sp³-hybridized carbons (Fsp3) is 0.385. The number of furan rings is 1. The molecule has 1 aromatic heterocycles. The van der Waals surface area contributed by atoms with Gasteiger partial charge in [0.2, 0.25) is 12.2 Å². The number of rotatable bonds is 7. The van der Waals surface area contributed by atoms with Crippen LogP contribution in [-0.2, 0) is 35.2 Å². The van der Waals surface area contributed by atoms with E-state index in [9.17, 15) is 19.2 Å². The van der Waals surface area contributed by atoms with Crippen molar-refractivity contribution in [2.24, 2.45) is 0 Å². The second-order valence-electron chi connectivity index (χ2n) is 4.20. The van der Waals surface area contributed by atoms with Crippen LogP contribution >= 0.6 is 0 Å². The largest absolute Gasteiger partial charge is 0.478 e. The second kappa shape index (κ2) is 7.81. The fourth-order valence-electron chi connectivity index (χ4n) is 1.54. The summed E-state index contributed by atoms with van der Waals surface area (Å²) in [5.74, 6) is -3.95. The molecule has 2 atom stereocenters. The number of nitrogens with one attached hydrogen (secondary N) is 1. The Balaban J connectivity index is 2.83. The Morgan fingerprint density at radius 2 is 1.77 bits per heavy atom. The Morgan fingerprint density at radius 3 is 2.23 bits per heavy atom. The molecule has 22 heavy (non-hydrogen) atoms. The van der Waals surface area contributed by atoms with Crippen molar-refractivity contribution in [3.8, 4) is 0 Å². The second-order valence-corrected chi connectivity index (χ2v) is 4.20. The number of carbonyl (C=O) groups excluding carboxylic acids is 3. The summed E-state index contributed by atoms with van der Waals surface area (Å²) in [5, 5.41) is 11.4. The Hall–Kier alpha value is -2.84. The molecule has 0 aromatic carbocycles. The zero-order valence-electron chi connectivity index (χ0n) is 11.9. The molecule has 120 valence electrons. The topological polar surface area (TPSA) is 132 Å². The SMILES string of the molecule is CC(=O)O[C@H](C(=O)NCc1ccco1)[C@@H](OC(C)=O)C(=O)O. The van der Waals surface area contributed by atoms with Crippen LogP contribution in [0.25, 0.3) is 0 Å². The summed E-state index contributed by atoms with van der Waals surface area (Å²) in [6.45, 7) is 1.93. The lowest BCUT2D eigenvalue weighted by Gasteiger charge is -2.22. The first-order valence-corrected chi connectivity index (χ1v) is 6.18. The minimum Gasteiger partial charge on any atom is -0.478 e. The molecule has 2 N–H and O–H groups in total. The summed E-state index contributed by atoms with van der Waals surface area (Å²) in [6, 6.07) is 3.19. The van der Waals surface area contributed by atoms with Crippen molar-refractivity contribution in [1.82, 2.24) is 5.32 Å². The maximum Gasteiger partial charge on any atom is 0.349 e. The average Bonchev–Trinajstić information content (AvgIpc) is 2.92. The zero-order chi connectivity index (χ0) is 16.7. The van der Waals surface area contributed by atoms with E-state index in [4.69, 9.17) is 9.52 Å². The molecule has 0 radical (unpaired) electrons. The first-order chi connectivity index (χ1) is 10.3. The summed E-state index contributed by atoms with van der Waals surface area (Å²) in [7, 11) is 0. The van der Waals surface area contributed by atoms with E-state index in [0.717, 1.165) is 13.8 Å². The van der Waals surface area contributed by atoms with Crippen LogP contribution in [-0.4, -0.2) is 41.1 Å². The first kappa shape index (κ1) is 17.2. The normalized spacial score (nSPS) is 12.8. The van der Waals surface area contributed by atoms with Gasteiger partial charge >= 0.3 is 17.9 Å². The summed E-state index contributed by atoms with van der Waals surface area (Å²) >= 11 is 0. The number of aliphatic carboxylic acids is 1. The highest BCUT2D eigenvalue weighted by Crippen LogP contribution is 2.08. The molecule has 1 heterocycles. The number of carbonyl (C=O) groups is 4. The molecule has 0 aliphatic rings. The van der Waals surface area contributed by atoms with Gasteiger partial charge in [0.15, 0.2) is 0 Å². The molecule has 9 nitrogen and oxygen atoms in total. The van der Waals surface area contributed by atoms with Gasteiger partial charge in [-0.05, 0) is 12.1 Å². The highest BCUT2D eigenvalue weighted by atomic mass is 16.6. The zero-order valence-corrected chi connectivity index (χ0v) is 11.9. The van der Waals surface area contributed by atoms with Gasteiger partial charge < -0.3 is 24.3 Å². The molecule has 0 aliphatic carbocycles. The molecule has 0 unspecified atom stereocenters. The third kappa shape index (κ3) is 5.27. The van der Waals surface area contributed by atoms with Crippen molar-refractivity contribution in [2.75, 3.05) is 0 Å². The van der Waals surface area contributed by atoms with Crippen molar-refractivity contribution >= 4 is 23.8 Å². The lowest BCUT2D eigenvalue weighted by Crippen LogP contribution is -2.49. The lowest BCUT2D eigenvalue weighted by molar-refractivity contribution is -0.180. The lowest BCUT2D eigenvalue weighted by atomic mass is 10.2. The van der Waals surface area contributed by atoms with Crippen LogP contribution in [0.4, 0.5) is 0 Å². The average molecular weight is 313 g/mol. The van der Waals surface area contributed by atoms with Crippen LogP contribution in [0.15, 0.2) is 22.8 Å². The van der Waals surface area contributed by atoms with Gasteiger partial charge in [0.05, 0.1) is 12.8 Å². The third-order valence-corrected chi connectivity index (χ3v) is 2.38. The Bertz CT molecular complexity index is 550. The molecule has 0 fully saturated rings. The molecule has 9 heteroatoms. The quantitative estimate of drug-likeness (QED) is 0.664. The number of amides is 1. The van der Waals surface area contributed by atoms with Crippen molar-refractivity contribution in [3.05, 3.63) is 24.2 Å². The predicted molar refractivity (Wildman–Crippen MR) is 69.3 cm³/mol. The van der Waals surface area contributed by atoms with E-state index in [-0.39, 0.29) is 6.54 Å². The number of esters is 2. The monoisotopic (exact) mass is 313 g/mol. The molecule has 0 bridgehead atoms. The summed E-state index contributed by atoms with van der Waals surface area (Å²) in [6.07, 6.45) is -2.36. The number of ether oxygens (including phenoxy) is 2. The highest BCUT2D eigenvalue weighted by molar-refractivity contribution is 5.90. The van der Waals surface area contributed by atoms with E-state index in [1.165, 1.54) is 6.26 Å².